The Hall–Kier alpha value is -3.38. The van der Waals surface area contributed by atoms with E-state index in [1.807, 2.05) is 11.0 Å². The Morgan fingerprint density at radius 1 is 0.875 bits per heavy atom. The molecule has 1 spiro atoms. The molecule has 0 N–H and O–H groups in total. The molecule has 6 heteroatoms. The second-order valence-electron chi connectivity index (χ2n) is 11.9. The van der Waals surface area contributed by atoms with Gasteiger partial charge in [-0.25, -0.2) is 0 Å². The van der Waals surface area contributed by atoms with Crippen LogP contribution in [0.5, 0.6) is 0 Å². The van der Waals surface area contributed by atoms with Gasteiger partial charge in [-0.2, -0.15) is 13.2 Å². The van der Waals surface area contributed by atoms with Crippen molar-refractivity contribution >= 4 is 11.5 Å². The van der Waals surface area contributed by atoms with E-state index in [0.717, 1.165) is 57.1 Å². The smallest absolute Gasteiger partial charge is 0.329 e. The number of hydrogen-bond donors (Lipinski definition) is 0. The Morgan fingerprint density at radius 3 is 2.17 bits per heavy atom. The highest BCUT2D eigenvalue weighted by molar-refractivity contribution is 5.96. The number of benzene rings is 3. The van der Waals surface area contributed by atoms with E-state index < -0.39 is 17.3 Å². The van der Waals surface area contributed by atoms with Gasteiger partial charge in [0.15, 0.2) is 0 Å². The van der Waals surface area contributed by atoms with Crippen molar-refractivity contribution in [3.63, 3.8) is 0 Å². The third kappa shape index (κ3) is 4.46. The summed E-state index contributed by atoms with van der Waals surface area (Å²) in [4.78, 5) is 18.5. The van der Waals surface area contributed by atoms with Gasteiger partial charge < -0.3 is 9.80 Å². The van der Waals surface area contributed by atoms with E-state index in [-0.39, 0.29) is 11.4 Å². The second kappa shape index (κ2) is 9.91. The molecule has 0 bridgehead atoms. The average Bonchev–Trinajstić information content (AvgIpc) is 3.34. The van der Waals surface area contributed by atoms with E-state index in [0.29, 0.717) is 12.1 Å². The number of carbonyl (C=O) groups excluding carboxylic acids is 1. The minimum absolute atomic E-state index is 0.0285. The quantitative estimate of drug-likeness (QED) is 0.341. The molecule has 3 aliphatic rings. The summed E-state index contributed by atoms with van der Waals surface area (Å²) in [5.74, 6) is -0.170. The first-order valence-electron chi connectivity index (χ1n) is 14.1. The molecule has 1 saturated carbocycles. The molecule has 1 amide bonds. The van der Waals surface area contributed by atoms with Crippen LogP contribution in [-0.4, -0.2) is 47.4 Å². The van der Waals surface area contributed by atoms with Crippen LogP contribution in [0.3, 0.4) is 0 Å². The molecule has 3 aromatic rings. The van der Waals surface area contributed by atoms with Crippen molar-refractivity contribution in [3.8, 4) is 0 Å². The van der Waals surface area contributed by atoms with E-state index in [9.17, 15) is 18.0 Å². The number of nitrogens with zero attached hydrogens (tertiary/aromatic N) is 2. The Labute approximate surface area is 234 Å². The van der Waals surface area contributed by atoms with Gasteiger partial charge >= 0.3 is 6.18 Å². The summed E-state index contributed by atoms with van der Waals surface area (Å²) < 4.78 is 39.7. The Kier molecular flexibility index (Phi) is 6.65. The van der Waals surface area contributed by atoms with E-state index in [4.69, 9.17) is 0 Å². The number of alkyl halides is 3. The lowest BCUT2D eigenvalue weighted by atomic mass is 9.64. The molecular weight excluding hydrogens is 509 g/mol. The summed E-state index contributed by atoms with van der Waals surface area (Å²) in [6.45, 7) is 0.570. The summed E-state index contributed by atoms with van der Waals surface area (Å²) in [6.07, 6.45) is 1.63. The molecule has 0 unspecified atom stereocenters. The number of rotatable bonds is 4. The van der Waals surface area contributed by atoms with Crippen molar-refractivity contribution in [2.24, 2.45) is 0 Å². The zero-order valence-electron chi connectivity index (χ0n) is 23.1. The van der Waals surface area contributed by atoms with Gasteiger partial charge in [-0.15, -0.1) is 0 Å². The van der Waals surface area contributed by atoms with Gasteiger partial charge in [0, 0.05) is 17.6 Å². The van der Waals surface area contributed by atoms with Gasteiger partial charge in [0.05, 0.1) is 11.1 Å². The van der Waals surface area contributed by atoms with Crippen LogP contribution in [0.25, 0.3) is 5.57 Å². The van der Waals surface area contributed by atoms with Crippen LogP contribution in [0.2, 0.25) is 0 Å². The van der Waals surface area contributed by atoms with Gasteiger partial charge in [0.25, 0.3) is 5.91 Å². The fourth-order valence-electron chi connectivity index (χ4n) is 7.47. The van der Waals surface area contributed by atoms with Gasteiger partial charge in [-0.05, 0) is 111 Å². The Morgan fingerprint density at radius 2 is 1.52 bits per heavy atom. The maximum atomic E-state index is 14.1. The van der Waals surface area contributed by atoms with E-state index >= 15 is 0 Å². The molecule has 40 heavy (non-hydrogen) atoms. The first-order chi connectivity index (χ1) is 19.1. The largest absolute Gasteiger partial charge is 0.416 e. The summed E-state index contributed by atoms with van der Waals surface area (Å²) in [6, 6.07) is 23.9. The molecule has 6 rings (SSSR count). The lowest BCUT2D eigenvalue weighted by Crippen LogP contribution is -2.61. The van der Waals surface area contributed by atoms with Crippen LogP contribution in [0.1, 0.15) is 64.7 Å². The van der Waals surface area contributed by atoms with Crippen LogP contribution in [0.15, 0.2) is 84.4 Å². The van der Waals surface area contributed by atoms with Crippen molar-refractivity contribution < 1.29 is 18.0 Å². The van der Waals surface area contributed by atoms with E-state index in [2.05, 4.69) is 67.5 Å². The molecule has 0 atom stereocenters. The van der Waals surface area contributed by atoms with Crippen LogP contribution in [-0.2, 0) is 19.0 Å². The highest BCUT2D eigenvalue weighted by atomic mass is 19.4. The number of halogens is 3. The highest BCUT2D eigenvalue weighted by Gasteiger charge is 2.53. The zero-order valence-corrected chi connectivity index (χ0v) is 23.1. The average molecular weight is 545 g/mol. The lowest BCUT2D eigenvalue weighted by molar-refractivity contribution is -0.137. The molecule has 3 aromatic carbocycles. The maximum absolute atomic E-state index is 14.1. The predicted molar refractivity (Wildman–Crippen MR) is 152 cm³/mol. The number of hydrogen-bond acceptors (Lipinski definition) is 2. The molecule has 1 fully saturated rings. The Balaban J connectivity index is 1.37. The fourth-order valence-corrected chi connectivity index (χ4v) is 7.47. The van der Waals surface area contributed by atoms with Gasteiger partial charge in [0.2, 0.25) is 0 Å². The van der Waals surface area contributed by atoms with Crippen molar-refractivity contribution in [1.29, 1.82) is 0 Å². The predicted octanol–water partition coefficient (Wildman–Crippen LogP) is 7.42. The molecule has 0 radical (unpaired) electrons. The monoisotopic (exact) mass is 544 g/mol. The number of likely N-dealkylation sites (N-methyl/N-ethyl adjacent to an activating group) is 1. The molecule has 1 aliphatic heterocycles. The summed E-state index contributed by atoms with van der Waals surface area (Å²) >= 11 is 0. The highest BCUT2D eigenvalue weighted by Crippen LogP contribution is 2.54. The molecule has 1 heterocycles. The topological polar surface area (TPSA) is 23.6 Å². The lowest BCUT2D eigenvalue weighted by Gasteiger charge is -2.56. The van der Waals surface area contributed by atoms with Crippen LogP contribution in [0.4, 0.5) is 13.2 Å². The minimum Gasteiger partial charge on any atom is -0.329 e. The van der Waals surface area contributed by atoms with E-state index in [1.54, 1.807) is 0 Å². The van der Waals surface area contributed by atoms with E-state index in [1.165, 1.54) is 40.0 Å². The van der Waals surface area contributed by atoms with Gasteiger partial charge in [-0.1, -0.05) is 54.6 Å². The molecule has 0 saturated heterocycles. The normalized spacial score (nSPS) is 24.4. The van der Waals surface area contributed by atoms with Gasteiger partial charge in [-0.3, -0.25) is 4.79 Å². The number of fused-ring (bicyclic) bond motifs is 3. The zero-order chi connectivity index (χ0) is 28.1. The number of carbonyl (C=O) groups is 1. The first kappa shape index (κ1) is 26.8. The first-order valence-corrected chi connectivity index (χ1v) is 14.1. The standard InChI is InChI=1S/C34H35F3N2O/c1-38(2)32(23-24-8-4-3-5-9-24)17-19-33(20-18-32)30-22-26-10-6-7-11-28(26)29(30)16-21-39(33)31(40)25-12-14-27(15-13-25)34(35,36)37/h3-15H,16-23H2,1-2H3. The molecule has 208 valence electrons. The fraction of sp³-hybridized carbons (Fsp3) is 0.382. The van der Waals surface area contributed by atoms with Crippen molar-refractivity contribution in [3.05, 3.63) is 112 Å². The molecule has 2 aliphatic carbocycles. The SMILES string of the molecule is CN(C)C1(Cc2ccccc2)CCC2(CC1)C1=C(CCN2C(=O)c2ccc(C(F)(F)F)cc2)c2ccccc2C1. The molecule has 3 nitrogen and oxygen atoms in total. The molecule has 0 aromatic heterocycles. The van der Waals surface area contributed by atoms with Crippen LogP contribution >= 0.6 is 0 Å². The van der Waals surface area contributed by atoms with Crippen molar-refractivity contribution in [1.82, 2.24) is 9.80 Å². The minimum atomic E-state index is -4.43. The molecular formula is C34H35F3N2O. The summed E-state index contributed by atoms with van der Waals surface area (Å²) in [5.41, 5.74) is 5.74. The third-order valence-electron chi connectivity index (χ3n) is 9.77. The van der Waals surface area contributed by atoms with Crippen LogP contribution in [0, 0.1) is 0 Å². The third-order valence-corrected chi connectivity index (χ3v) is 9.77. The second-order valence-corrected chi connectivity index (χ2v) is 11.9. The van der Waals surface area contributed by atoms with Crippen molar-refractivity contribution in [2.75, 3.05) is 20.6 Å². The number of amides is 1. The maximum Gasteiger partial charge on any atom is 0.416 e. The summed E-state index contributed by atoms with van der Waals surface area (Å²) in [5, 5.41) is 0. The van der Waals surface area contributed by atoms with Crippen LogP contribution < -0.4 is 0 Å². The van der Waals surface area contributed by atoms with Gasteiger partial charge in [0.1, 0.15) is 0 Å². The van der Waals surface area contributed by atoms with Crippen molar-refractivity contribution in [2.45, 2.75) is 62.2 Å². The Bertz CT molecular complexity index is 1430. The summed E-state index contributed by atoms with van der Waals surface area (Å²) in [7, 11) is 4.31.